The largest absolute Gasteiger partial charge is 0.0617 e. The van der Waals surface area contributed by atoms with Gasteiger partial charge in [0.05, 0.1) is 0 Å². The van der Waals surface area contributed by atoms with Gasteiger partial charge in [0.15, 0.2) is 0 Å². The van der Waals surface area contributed by atoms with Gasteiger partial charge in [0.2, 0.25) is 0 Å². The van der Waals surface area contributed by atoms with Gasteiger partial charge in [0.1, 0.15) is 0 Å². The van der Waals surface area contributed by atoms with Crippen LogP contribution in [0.3, 0.4) is 0 Å². The number of rotatable bonds is 0. The van der Waals surface area contributed by atoms with Crippen LogP contribution in [-0.2, 0) is 0 Å². The molecule has 0 bridgehead atoms. The molecule has 6 fully saturated rings. The van der Waals surface area contributed by atoms with Crippen LogP contribution in [0, 0.1) is 63.6 Å². The Morgan fingerprint density at radius 1 is 0.739 bits per heavy atom. The molecule has 23 heavy (non-hydrogen) atoms. The zero-order chi connectivity index (χ0) is 15.8. The van der Waals surface area contributed by atoms with Gasteiger partial charge in [-0.05, 0) is 102 Å². The molecule has 0 radical (unpaired) electrons. The van der Waals surface area contributed by atoms with Crippen LogP contribution in [0.2, 0.25) is 0 Å². The molecule has 0 spiro atoms. The van der Waals surface area contributed by atoms with Crippen molar-refractivity contribution in [3.05, 3.63) is 0 Å². The average molecular weight is 313 g/mol. The standard InChI is InChI=1S/C23H36/c1-13-14-11-15(14)20-19-16-12-18(16)23(4)9-6-5-8-22(23,3)17(19)7-10-21(13,20)2/h13-20H,5-12H2,1-4H3. The van der Waals surface area contributed by atoms with Crippen LogP contribution in [-0.4, -0.2) is 0 Å². The Balaban J connectivity index is 1.45. The maximum atomic E-state index is 2.77. The fourth-order valence-corrected chi connectivity index (χ4v) is 9.99. The topological polar surface area (TPSA) is 0 Å². The molecule has 128 valence electrons. The van der Waals surface area contributed by atoms with Gasteiger partial charge in [-0.1, -0.05) is 40.5 Å². The number of hydrogen-bond acceptors (Lipinski definition) is 0. The molecule has 6 aliphatic carbocycles. The van der Waals surface area contributed by atoms with Crippen molar-refractivity contribution in [2.75, 3.05) is 0 Å². The van der Waals surface area contributed by atoms with Crippen molar-refractivity contribution < 1.29 is 0 Å². The van der Waals surface area contributed by atoms with E-state index in [9.17, 15) is 0 Å². The smallest absolute Gasteiger partial charge is 0.0238 e. The van der Waals surface area contributed by atoms with Crippen LogP contribution in [0.15, 0.2) is 0 Å². The highest BCUT2D eigenvalue weighted by Gasteiger charge is 2.76. The fourth-order valence-electron chi connectivity index (χ4n) is 9.99. The molecule has 0 N–H and O–H groups in total. The molecular weight excluding hydrogens is 276 g/mol. The third-order valence-electron chi connectivity index (χ3n) is 11.6. The molecule has 6 saturated carbocycles. The third-order valence-corrected chi connectivity index (χ3v) is 11.6. The van der Waals surface area contributed by atoms with E-state index in [-0.39, 0.29) is 0 Å². The lowest BCUT2D eigenvalue weighted by molar-refractivity contribution is -0.163. The summed E-state index contributed by atoms with van der Waals surface area (Å²) in [5.74, 6) is 8.92. The summed E-state index contributed by atoms with van der Waals surface area (Å²) in [7, 11) is 0. The van der Waals surface area contributed by atoms with E-state index in [0.29, 0.717) is 10.8 Å². The SMILES string of the molecule is CC1C2CC2C2C3C4CC4C4(C)CCCCC4(C)C3CCC12C. The fraction of sp³-hybridized carbons (Fsp3) is 1.00. The van der Waals surface area contributed by atoms with Gasteiger partial charge in [-0.3, -0.25) is 0 Å². The Morgan fingerprint density at radius 3 is 2.17 bits per heavy atom. The molecule has 0 aromatic rings. The molecule has 0 heterocycles. The van der Waals surface area contributed by atoms with E-state index in [1.165, 1.54) is 12.8 Å². The lowest BCUT2D eigenvalue weighted by Gasteiger charge is -2.65. The van der Waals surface area contributed by atoms with Crippen molar-refractivity contribution in [2.45, 2.75) is 79.1 Å². The molecule has 0 nitrogen and oxygen atoms in total. The Kier molecular flexibility index (Phi) is 2.40. The van der Waals surface area contributed by atoms with Crippen LogP contribution in [0.25, 0.3) is 0 Å². The van der Waals surface area contributed by atoms with Gasteiger partial charge >= 0.3 is 0 Å². The summed E-state index contributed by atoms with van der Waals surface area (Å²) in [5.41, 5.74) is 2.11. The van der Waals surface area contributed by atoms with Gasteiger partial charge in [-0.2, -0.15) is 0 Å². The highest BCUT2D eigenvalue weighted by atomic mass is 14.8. The van der Waals surface area contributed by atoms with Gasteiger partial charge in [0, 0.05) is 0 Å². The van der Waals surface area contributed by atoms with Crippen molar-refractivity contribution >= 4 is 0 Å². The molecule has 0 aromatic carbocycles. The predicted molar refractivity (Wildman–Crippen MR) is 94.9 cm³/mol. The Morgan fingerprint density at radius 2 is 1.43 bits per heavy atom. The van der Waals surface area contributed by atoms with Gasteiger partial charge in [-0.25, -0.2) is 0 Å². The summed E-state index contributed by atoms with van der Waals surface area (Å²) >= 11 is 0. The zero-order valence-corrected chi connectivity index (χ0v) is 15.8. The normalized spacial score (nSPS) is 71.5. The summed E-state index contributed by atoms with van der Waals surface area (Å²) in [5, 5.41) is 0. The van der Waals surface area contributed by atoms with E-state index >= 15 is 0 Å². The molecular formula is C23H36. The molecule has 0 heteroatoms. The lowest BCUT2D eigenvalue weighted by atomic mass is 9.40. The van der Waals surface area contributed by atoms with Crippen LogP contribution in [0.5, 0.6) is 0 Å². The molecule has 11 atom stereocenters. The van der Waals surface area contributed by atoms with Gasteiger partial charge in [0.25, 0.3) is 0 Å². The average Bonchev–Trinajstić information content (AvgIpc) is 3.41. The summed E-state index contributed by atoms with van der Waals surface area (Å²) < 4.78 is 0. The second kappa shape index (κ2) is 3.88. The van der Waals surface area contributed by atoms with E-state index in [1.807, 2.05) is 0 Å². The first kappa shape index (κ1) is 14.2. The van der Waals surface area contributed by atoms with Crippen LogP contribution in [0.4, 0.5) is 0 Å². The second-order valence-electron chi connectivity index (χ2n) is 11.7. The van der Waals surface area contributed by atoms with E-state index in [4.69, 9.17) is 0 Å². The second-order valence-corrected chi connectivity index (χ2v) is 11.7. The summed E-state index contributed by atoms with van der Waals surface area (Å²) in [6, 6.07) is 0. The minimum atomic E-state index is 0.686. The molecule has 6 aliphatic rings. The summed E-state index contributed by atoms with van der Waals surface area (Å²) in [6.45, 7) is 10.9. The summed E-state index contributed by atoms with van der Waals surface area (Å²) in [6.07, 6.45) is 12.5. The first-order valence-electron chi connectivity index (χ1n) is 10.9. The monoisotopic (exact) mass is 312 g/mol. The summed E-state index contributed by atoms with van der Waals surface area (Å²) in [4.78, 5) is 0. The van der Waals surface area contributed by atoms with Crippen molar-refractivity contribution in [1.29, 1.82) is 0 Å². The van der Waals surface area contributed by atoms with Gasteiger partial charge < -0.3 is 0 Å². The minimum Gasteiger partial charge on any atom is -0.0617 e. The lowest BCUT2D eigenvalue weighted by Crippen LogP contribution is -2.58. The molecule has 6 rings (SSSR count). The first-order valence-corrected chi connectivity index (χ1v) is 10.9. The van der Waals surface area contributed by atoms with Crippen LogP contribution in [0.1, 0.15) is 79.1 Å². The molecule has 0 aliphatic heterocycles. The van der Waals surface area contributed by atoms with Crippen molar-refractivity contribution in [3.63, 3.8) is 0 Å². The van der Waals surface area contributed by atoms with Crippen molar-refractivity contribution in [3.8, 4) is 0 Å². The number of hydrogen-bond donors (Lipinski definition) is 0. The maximum absolute atomic E-state index is 2.77. The third kappa shape index (κ3) is 1.38. The zero-order valence-electron chi connectivity index (χ0n) is 15.8. The van der Waals surface area contributed by atoms with Crippen LogP contribution < -0.4 is 0 Å². The molecule has 0 saturated heterocycles. The maximum Gasteiger partial charge on any atom is -0.0238 e. The van der Waals surface area contributed by atoms with Crippen molar-refractivity contribution in [1.82, 2.24) is 0 Å². The molecule has 0 amide bonds. The predicted octanol–water partition coefficient (Wildman–Crippen LogP) is 6.16. The Bertz CT molecular complexity index is 564. The minimum absolute atomic E-state index is 0.686. The van der Waals surface area contributed by atoms with Crippen LogP contribution >= 0.6 is 0 Å². The Hall–Kier alpha value is 0. The Labute approximate surface area is 143 Å². The number of fused-ring (bicyclic) bond motifs is 10. The molecule has 11 unspecified atom stereocenters. The quantitative estimate of drug-likeness (QED) is 0.502. The van der Waals surface area contributed by atoms with Crippen molar-refractivity contribution in [2.24, 2.45) is 63.6 Å². The van der Waals surface area contributed by atoms with E-state index < -0.39 is 0 Å². The first-order chi connectivity index (χ1) is 10.9. The van der Waals surface area contributed by atoms with E-state index in [2.05, 4.69) is 27.7 Å². The highest BCUT2D eigenvalue weighted by Crippen LogP contribution is 2.82. The molecule has 0 aromatic heterocycles. The van der Waals surface area contributed by atoms with E-state index in [1.54, 1.807) is 38.5 Å². The van der Waals surface area contributed by atoms with Gasteiger partial charge in [-0.15, -0.1) is 0 Å². The highest BCUT2D eigenvalue weighted by molar-refractivity contribution is 5.24. The van der Waals surface area contributed by atoms with E-state index in [0.717, 1.165) is 52.8 Å².